The SMILES string of the molecule is O=C(NC[C@H]1CCCO1)C(=O)N/N=C/c1ccc(CN(Cc2ccc(Cl)cc2)S(=O)(=O)c2ccc(Cl)cc2)o1. The second kappa shape index (κ2) is 13.2. The van der Waals surface area contributed by atoms with Crippen molar-refractivity contribution in [3.8, 4) is 0 Å². The van der Waals surface area contributed by atoms with Gasteiger partial charge in [0.05, 0.1) is 23.8 Å². The lowest BCUT2D eigenvalue weighted by Crippen LogP contribution is -2.41. The topological polar surface area (TPSA) is 130 Å². The zero-order valence-corrected chi connectivity index (χ0v) is 23.0. The molecule has 2 N–H and O–H groups in total. The Morgan fingerprint density at radius 1 is 0.974 bits per heavy atom. The summed E-state index contributed by atoms with van der Waals surface area (Å²) >= 11 is 11.9. The number of carbonyl (C=O) groups is 2. The van der Waals surface area contributed by atoms with Crippen LogP contribution >= 0.6 is 23.2 Å². The monoisotopic (exact) mass is 592 g/mol. The van der Waals surface area contributed by atoms with Gasteiger partial charge in [-0.25, -0.2) is 13.8 Å². The van der Waals surface area contributed by atoms with Crippen LogP contribution in [-0.2, 0) is 37.4 Å². The molecule has 2 heterocycles. The lowest BCUT2D eigenvalue weighted by atomic mass is 10.2. The predicted molar refractivity (Wildman–Crippen MR) is 146 cm³/mol. The summed E-state index contributed by atoms with van der Waals surface area (Å²) in [5, 5.41) is 7.20. The van der Waals surface area contributed by atoms with Crippen molar-refractivity contribution in [3.63, 3.8) is 0 Å². The number of nitrogens with zero attached hydrogens (tertiary/aromatic N) is 2. The Bertz CT molecular complexity index is 1420. The van der Waals surface area contributed by atoms with E-state index in [0.29, 0.717) is 22.4 Å². The third-order valence-electron chi connectivity index (χ3n) is 5.82. The van der Waals surface area contributed by atoms with Gasteiger partial charge in [0.25, 0.3) is 0 Å². The number of halogens is 2. The van der Waals surface area contributed by atoms with E-state index in [1.165, 1.54) is 34.8 Å². The fourth-order valence-corrected chi connectivity index (χ4v) is 5.44. The maximum Gasteiger partial charge on any atom is 0.329 e. The smallest absolute Gasteiger partial charge is 0.329 e. The van der Waals surface area contributed by atoms with Crippen molar-refractivity contribution < 1.29 is 27.2 Å². The molecule has 1 fully saturated rings. The van der Waals surface area contributed by atoms with Crippen molar-refractivity contribution in [1.29, 1.82) is 0 Å². The second-order valence-electron chi connectivity index (χ2n) is 8.70. The number of hydrogen-bond acceptors (Lipinski definition) is 7. The molecule has 3 aromatic rings. The van der Waals surface area contributed by atoms with E-state index in [9.17, 15) is 18.0 Å². The van der Waals surface area contributed by atoms with Crippen LogP contribution in [0.25, 0.3) is 0 Å². The highest BCUT2D eigenvalue weighted by molar-refractivity contribution is 7.89. The van der Waals surface area contributed by atoms with E-state index in [-0.39, 0.29) is 36.4 Å². The van der Waals surface area contributed by atoms with Gasteiger partial charge in [0.15, 0.2) is 0 Å². The van der Waals surface area contributed by atoms with Gasteiger partial charge in [0, 0.05) is 29.7 Å². The summed E-state index contributed by atoms with van der Waals surface area (Å²) in [6.45, 7) is 0.875. The Morgan fingerprint density at radius 3 is 2.33 bits per heavy atom. The number of furan rings is 1. The molecule has 0 radical (unpaired) electrons. The van der Waals surface area contributed by atoms with Crippen LogP contribution in [0.1, 0.15) is 29.9 Å². The van der Waals surface area contributed by atoms with E-state index in [1.807, 2.05) is 0 Å². The average molecular weight is 593 g/mol. The Hall–Kier alpha value is -3.22. The molecule has 1 saturated heterocycles. The zero-order chi connectivity index (χ0) is 27.8. The second-order valence-corrected chi connectivity index (χ2v) is 11.5. The normalized spacial score (nSPS) is 15.6. The number of sulfonamides is 1. The van der Waals surface area contributed by atoms with Gasteiger partial charge in [-0.3, -0.25) is 9.59 Å². The van der Waals surface area contributed by atoms with Gasteiger partial charge >= 0.3 is 11.8 Å². The minimum atomic E-state index is -3.93. The predicted octanol–water partition coefficient (Wildman–Crippen LogP) is 3.72. The van der Waals surface area contributed by atoms with Gasteiger partial charge in [-0.05, 0) is 66.9 Å². The molecule has 1 aliphatic rings. The summed E-state index contributed by atoms with van der Waals surface area (Å²) in [5.41, 5.74) is 2.86. The summed E-state index contributed by atoms with van der Waals surface area (Å²) in [4.78, 5) is 23.9. The van der Waals surface area contributed by atoms with Crippen LogP contribution in [0.4, 0.5) is 0 Å². The third kappa shape index (κ3) is 8.13. The first-order chi connectivity index (χ1) is 18.7. The van der Waals surface area contributed by atoms with E-state index < -0.39 is 21.8 Å². The summed E-state index contributed by atoms with van der Waals surface area (Å²) in [6.07, 6.45) is 2.88. The van der Waals surface area contributed by atoms with E-state index in [1.54, 1.807) is 36.4 Å². The largest absolute Gasteiger partial charge is 0.459 e. The van der Waals surface area contributed by atoms with Crippen LogP contribution in [-0.4, -0.2) is 50.0 Å². The molecule has 206 valence electrons. The van der Waals surface area contributed by atoms with Gasteiger partial charge < -0.3 is 14.5 Å². The zero-order valence-electron chi connectivity index (χ0n) is 20.7. The summed E-state index contributed by atoms with van der Waals surface area (Å²) in [5.74, 6) is -1.17. The molecule has 0 saturated carbocycles. The number of hydrazone groups is 1. The molecule has 0 spiro atoms. The number of rotatable bonds is 10. The van der Waals surface area contributed by atoms with Crippen molar-refractivity contribution in [1.82, 2.24) is 15.0 Å². The van der Waals surface area contributed by atoms with Gasteiger partial charge in [-0.2, -0.15) is 9.41 Å². The molecule has 1 aliphatic heterocycles. The number of amides is 2. The third-order valence-corrected chi connectivity index (χ3v) is 8.13. The van der Waals surface area contributed by atoms with Crippen LogP contribution in [0, 0.1) is 0 Å². The number of hydrogen-bond donors (Lipinski definition) is 2. The van der Waals surface area contributed by atoms with E-state index in [0.717, 1.165) is 18.4 Å². The van der Waals surface area contributed by atoms with E-state index >= 15 is 0 Å². The molecule has 39 heavy (non-hydrogen) atoms. The highest BCUT2D eigenvalue weighted by atomic mass is 35.5. The molecule has 1 atom stereocenters. The Balaban J connectivity index is 1.41. The van der Waals surface area contributed by atoms with Crippen LogP contribution in [0.3, 0.4) is 0 Å². The molecule has 13 heteroatoms. The van der Waals surface area contributed by atoms with Gasteiger partial charge in [0.1, 0.15) is 11.5 Å². The fraction of sp³-hybridized carbons (Fsp3) is 0.269. The van der Waals surface area contributed by atoms with Crippen LogP contribution in [0.5, 0.6) is 0 Å². The minimum absolute atomic E-state index is 0.0588. The minimum Gasteiger partial charge on any atom is -0.459 e. The van der Waals surface area contributed by atoms with Crippen molar-refractivity contribution in [2.45, 2.75) is 36.9 Å². The quantitative estimate of drug-likeness (QED) is 0.209. The molecule has 0 aliphatic carbocycles. The highest BCUT2D eigenvalue weighted by Gasteiger charge is 2.26. The highest BCUT2D eigenvalue weighted by Crippen LogP contribution is 2.24. The molecule has 4 rings (SSSR count). The molecule has 10 nitrogen and oxygen atoms in total. The van der Waals surface area contributed by atoms with Gasteiger partial charge in [-0.1, -0.05) is 35.3 Å². The maximum absolute atomic E-state index is 13.5. The number of nitrogens with one attached hydrogen (secondary N) is 2. The molecule has 0 bridgehead atoms. The van der Waals surface area contributed by atoms with Crippen LogP contribution in [0.2, 0.25) is 10.0 Å². The summed E-state index contributed by atoms with van der Waals surface area (Å²) < 4.78 is 39.3. The lowest BCUT2D eigenvalue weighted by molar-refractivity contribution is -0.139. The number of carbonyl (C=O) groups excluding carboxylic acids is 2. The van der Waals surface area contributed by atoms with Crippen molar-refractivity contribution in [2.75, 3.05) is 13.2 Å². The Kier molecular flexibility index (Phi) is 9.76. The summed E-state index contributed by atoms with van der Waals surface area (Å²) in [6, 6.07) is 15.9. The van der Waals surface area contributed by atoms with Crippen LogP contribution in [0.15, 0.2) is 75.1 Å². The Morgan fingerprint density at radius 2 is 1.67 bits per heavy atom. The first-order valence-corrected chi connectivity index (χ1v) is 14.2. The standard InChI is InChI=1S/C26H26Cl2N4O6S/c27-19-5-3-18(4-6-19)16-32(39(35,36)24-11-7-20(28)8-12-24)17-23-10-9-22(38-23)15-30-31-26(34)25(33)29-14-21-2-1-13-37-21/h3-12,15,21H,1-2,13-14,16-17H2,(H,29,33)(H,31,34)/b30-15+/t21-/m1/s1. The number of ether oxygens (including phenoxy) is 1. The number of benzene rings is 2. The van der Waals surface area contributed by atoms with Gasteiger partial charge in [-0.15, -0.1) is 0 Å². The first kappa shape index (κ1) is 28.8. The van der Waals surface area contributed by atoms with Crippen molar-refractivity contribution >= 4 is 51.3 Å². The summed E-state index contributed by atoms with van der Waals surface area (Å²) in [7, 11) is -3.93. The van der Waals surface area contributed by atoms with Crippen LogP contribution < -0.4 is 10.7 Å². The Labute approximate surface area is 236 Å². The maximum atomic E-state index is 13.5. The average Bonchev–Trinajstić information content (AvgIpc) is 3.60. The van der Waals surface area contributed by atoms with Crippen molar-refractivity contribution in [2.24, 2.45) is 5.10 Å². The molecular formula is C26H26Cl2N4O6S. The fourth-order valence-electron chi connectivity index (χ4n) is 3.80. The first-order valence-electron chi connectivity index (χ1n) is 12.0. The molecular weight excluding hydrogens is 567 g/mol. The lowest BCUT2D eigenvalue weighted by Gasteiger charge is -2.21. The van der Waals surface area contributed by atoms with E-state index in [2.05, 4.69) is 15.8 Å². The molecule has 2 aromatic carbocycles. The molecule has 2 amide bonds. The van der Waals surface area contributed by atoms with Gasteiger partial charge in [0.2, 0.25) is 10.0 Å². The molecule has 1 aromatic heterocycles. The van der Waals surface area contributed by atoms with E-state index in [4.69, 9.17) is 32.4 Å². The van der Waals surface area contributed by atoms with Crippen molar-refractivity contribution in [3.05, 3.63) is 87.8 Å². The molecule has 0 unspecified atom stereocenters.